The summed E-state index contributed by atoms with van der Waals surface area (Å²) < 4.78 is 0. The lowest BCUT2D eigenvalue weighted by Gasteiger charge is -2.15. The molecular weight excluding hydrogens is 336 g/mol. The lowest BCUT2D eigenvalue weighted by Crippen LogP contribution is -2.25. The van der Waals surface area contributed by atoms with Gasteiger partial charge in [0, 0.05) is 30.1 Å². The Morgan fingerprint density at radius 1 is 1.20 bits per heavy atom. The first-order chi connectivity index (χ1) is 12.2. The van der Waals surface area contributed by atoms with Gasteiger partial charge in [0.15, 0.2) is 0 Å². The molecule has 1 saturated heterocycles. The third kappa shape index (κ3) is 5.13. The van der Waals surface area contributed by atoms with Crippen molar-refractivity contribution in [3.8, 4) is 0 Å². The zero-order valence-corrected chi connectivity index (χ0v) is 14.5. The number of nitrogens with zero attached hydrogens (tertiary/aromatic N) is 1. The van der Waals surface area contributed by atoms with E-state index >= 15 is 0 Å². The SMILES string of the molecule is O=C(CCc1ccccc1)N/N=C/C1CNNC1c1ccc(Cl)cc1. The van der Waals surface area contributed by atoms with Crippen molar-refractivity contribution in [2.24, 2.45) is 11.0 Å². The van der Waals surface area contributed by atoms with Crippen molar-refractivity contribution < 1.29 is 4.79 Å². The lowest BCUT2D eigenvalue weighted by molar-refractivity contribution is -0.121. The second kappa shape index (κ2) is 8.76. The molecule has 1 aliphatic heterocycles. The van der Waals surface area contributed by atoms with Gasteiger partial charge < -0.3 is 0 Å². The van der Waals surface area contributed by atoms with Crippen molar-refractivity contribution in [2.75, 3.05) is 6.54 Å². The summed E-state index contributed by atoms with van der Waals surface area (Å²) >= 11 is 5.94. The molecule has 0 aliphatic carbocycles. The topological polar surface area (TPSA) is 65.5 Å². The number of amides is 1. The van der Waals surface area contributed by atoms with E-state index in [0.717, 1.165) is 17.7 Å². The molecule has 2 aromatic carbocycles. The summed E-state index contributed by atoms with van der Waals surface area (Å²) in [6, 6.07) is 17.8. The standard InChI is InChI=1S/C19H21ClN4O/c20-17-9-7-15(8-10-17)19-16(13-22-24-19)12-21-23-18(25)11-6-14-4-2-1-3-5-14/h1-5,7-10,12,16,19,22,24H,6,11,13H2,(H,23,25)/b21-12+. The summed E-state index contributed by atoms with van der Waals surface area (Å²) in [5.74, 6) is 0.0673. The first-order valence-electron chi connectivity index (χ1n) is 8.32. The monoisotopic (exact) mass is 356 g/mol. The Labute approximate surface area is 152 Å². The van der Waals surface area contributed by atoms with Crippen LogP contribution in [0, 0.1) is 5.92 Å². The normalized spacial score (nSPS) is 20.0. The maximum atomic E-state index is 11.9. The number of carbonyl (C=O) groups excluding carboxylic acids is 1. The van der Waals surface area contributed by atoms with Crippen LogP contribution in [0.15, 0.2) is 59.7 Å². The van der Waals surface area contributed by atoms with Crippen LogP contribution in [0.25, 0.3) is 0 Å². The zero-order chi connectivity index (χ0) is 17.5. The van der Waals surface area contributed by atoms with Crippen molar-refractivity contribution >= 4 is 23.7 Å². The smallest absolute Gasteiger partial charge is 0.240 e. The van der Waals surface area contributed by atoms with Crippen molar-refractivity contribution in [1.29, 1.82) is 0 Å². The third-order valence-corrected chi connectivity index (χ3v) is 4.44. The minimum Gasteiger partial charge on any atom is -0.273 e. The second-order valence-electron chi connectivity index (χ2n) is 6.02. The first kappa shape index (κ1) is 17.6. The molecule has 1 heterocycles. The molecule has 0 bridgehead atoms. The van der Waals surface area contributed by atoms with Gasteiger partial charge in [-0.25, -0.2) is 10.9 Å². The molecule has 6 heteroatoms. The average molecular weight is 357 g/mol. The van der Waals surface area contributed by atoms with E-state index in [0.29, 0.717) is 17.9 Å². The van der Waals surface area contributed by atoms with E-state index in [-0.39, 0.29) is 17.9 Å². The van der Waals surface area contributed by atoms with Crippen molar-refractivity contribution in [3.63, 3.8) is 0 Å². The van der Waals surface area contributed by atoms with Gasteiger partial charge in [0.05, 0.1) is 6.04 Å². The van der Waals surface area contributed by atoms with Crippen LogP contribution in [0.2, 0.25) is 5.02 Å². The fraction of sp³-hybridized carbons (Fsp3) is 0.263. The summed E-state index contributed by atoms with van der Waals surface area (Å²) in [4.78, 5) is 11.9. The number of halogens is 1. The molecule has 1 aliphatic rings. The minimum absolute atomic E-state index is 0.0814. The van der Waals surface area contributed by atoms with Crippen LogP contribution >= 0.6 is 11.6 Å². The Morgan fingerprint density at radius 2 is 1.96 bits per heavy atom. The molecule has 2 unspecified atom stereocenters. The fourth-order valence-electron chi connectivity index (χ4n) is 2.81. The number of benzene rings is 2. The molecule has 130 valence electrons. The van der Waals surface area contributed by atoms with E-state index in [4.69, 9.17) is 11.6 Å². The summed E-state index contributed by atoms with van der Waals surface area (Å²) in [6.07, 6.45) is 2.91. The van der Waals surface area contributed by atoms with Gasteiger partial charge >= 0.3 is 0 Å². The van der Waals surface area contributed by atoms with Crippen LogP contribution in [0.3, 0.4) is 0 Å². The van der Waals surface area contributed by atoms with Crippen LogP contribution in [0.5, 0.6) is 0 Å². The second-order valence-corrected chi connectivity index (χ2v) is 6.45. The summed E-state index contributed by atoms with van der Waals surface area (Å²) in [7, 11) is 0. The van der Waals surface area contributed by atoms with Gasteiger partial charge in [0.25, 0.3) is 0 Å². The molecule has 0 aromatic heterocycles. The van der Waals surface area contributed by atoms with E-state index in [9.17, 15) is 4.79 Å². The average Bonchev–Trinajstić information content (AvgIpc) is 3.10. The predicted octanol–water partition coefficient (Wildman–Crippen LogP) is 2.84. The number of rotatable bonds is 6. The summed E-state index contributed by atoms with van der Waals surface area (Å²) in [5, 5.41) is 4.84. The van der Waals surface area contributed by atoms with Gasteiger partial charge in [-0.3, -0.25) is 10.2 Å². The maximum absolute atomic E-state index is 11.9. The van der Waals surface area contributed by atoms with Gasteiger partial charge in [-0.15, -0.1) is 0 Å². The van der Waals surface area contributed by atoms with E-state index in [2.05, 4.69) is 21.4 Å². The van der Waals surface area contributed by atoms with Gasteiger partial charge in [-0.2, -0.15) is 5.10 Å². The highest BCUT2D eigenvalue weighted by molar-refractivity contribution is 6.30. The molecule has 3 N–H and O–H groups in total. The van der Waals surface area contributed by atoms with Crippen LogP contribution in [-0.4, -0.2) is 18.7 Å². The lowest BCUT2D eigenvalue weighted by atomic mass is 9.96. The highest BCUT2D eigenvalue weighted by atomic mass is 35.5. The Morgan fingerprint density at radius 3 is 2.72 bits per heavy atom. The number of aryl methyl sites for hydroxylation is 1. The minimum atomic E-state index is -0.0814. The Balaban J connectivity index is 1.49. The molecule has 2 aromatic rings. The van der Waals surface area contributed by atoms with Crippen LogP contribution < -0.4 is 16.3 Å². The number of carbonyl (C=O) groups is 1. The van der Waals surface area contributed by atoms with E-state index < -0.39 is 0 Å². The van der Waals surface area contributed by atoms with Gasteiger partial charge in [-0.1, -0.05) is 54.1 Å². The van der Waals surface area contributed by atoms with E-state index in [1.165, 1.54) is 0 Å². The Kier molecular flexibility index (Phi) is 6.17. The molecule has 0 spiro atoms. The third-order valence-electron chi connectivity index (χ3n) is 4.19. The molecule has 1 fully saturated rings. The quantitative estimate of drug-likeness (QED) is 0.551. The van der Waals surface area contributed by atoms with Gasteiger partial charge in [0.1, 0.15) is 0 Å². The molecule has 0 radical (unpaired) electrons. The zero-order valence-electron chi connectivity index (χ0n) is 13.8. The number of hydrogen-bond donors (Lipinski definition) is 3. The molecular formula is C19H21ClN4O. The molecule has 3 rings (SSSR count). The number of hydrogen-bond acceptors (Lipinski definition) is 4. The maximum Gasteiger partial charge on any atom is 0.240 e. The molecule has 5 nitrogen and oxygen atoms in total. The van der Waals surface area contributed by atoms with Crippen molar-refractivity contribution in [1.82, 2.24) is 16.3 Å². The highest BCUT2D eigenvalue weighted by Crippen LogP contribution is 2.24. The highest BCUT2D eigenvalue weighted by Gasteiger charge is 2.26. The van der Waals surface area contributed by atoms with E-state index in [1.807, 2.05) is 54.6 Å². The first-order valence-corrected chi connectivity index (χ1v) is 8.70. The van der Waals surface area contributed by atoms with Gasteiger partial charge in [0.2, 0.25) is 5.91 Å². The largest absolute Gasteiger partial charge is 0.273 e. The van der Waals surface area contributed by atoms with Crippen LogP contribution in [-0.2, 0) is 11.2 Å². The summed E-state index contributed by atoms with van der Waals surface area (Å²) in [5.41, 5.74) is 11.3. The van der Waals surface area contributed by atoms with Crippen LogP contribution in [0.4, 0.5) is 0 Å². The predicted molar refractivity (Wildman–Crippen MR) is 100 cm³/mol. The van der Waals surface area contributed by atoms with E-state index in [1.54, 1.807) is 6.21 Å². The molecule has 25 heavy (non-hydrogen) atoms. The van der Waals surface area contributed by atoms with Crippen LogP contribution in [0.1, 0.15) is 23.6 Å². The molecule has 0 saturated carbocycles. The Hall–Kier alpha value is -2.21. The molecule has 2 atom stereocenters. The van der Waals surface area contributed by atoms with Gasteiger partial charge in [-0.05, 0) is 29.7 Å². The fourth-order valence-corrected chi connectivity index (χ4v) is 2.94. The van der Waals surface area contributed by atoms with Crippen molar-refractivity contribution in [2.45, 2.75) is 18.9 Å². The van der Waals surface area contributed by atoms with Crippen molar-refractivity contribution in [3.05, 3.63) is 70.7 Å². The number of hydrazone groups is 1. The summed E-state index contributed by atoms with van der Waals surface area (Å²) in [6.45, 7) is 0.747. The number of nitrogens with one attached hydrogen (secondary N) is 3. The Bertz CT molecular complexity index is 718. The number of hydrazine groups is 1. The molecule has 1 amide bonds.